The SMILES string of the molecule is COc1cccc(C(O)C(N)CCNC(=O)OC(C)(C)C)c1O. The molecule has 1 amide bonds. The molecule has 0 aliphatic heterocycles. The van der Waals surface area contributed by atoms with Crippen LogP contribution in [-0.4, -0.2) is 41.6 Å². The van der Waals surface area contributed by atoms with Gasteiger partial charge in [0.05, 0.1) is 13.2 Å². The van der Waals surface area contributed by atoms with Crippen molar-refractivity contribution in [3.63, 3.8) is 0 Å². The van der Waals surface area contributed by atoms with Crippen molar-refractivity contribution in [1.29, 1.82) is 0 Å². The third-order valence-electron chi connectivity index (χ3n) is 3.12. The average Bonchev–Trinajstić information content (AvgIpc) is 2.44. The summed E-state index contributed by atoms with van der Waals surface area (Å²) in [6.45, 7) is 5.56. The quantitative estimate of drug-likeness (QED) is 0.632. The van der Waals surface area contributed by atoms with Crippen molar-refractivity contribution in [3.05, 3.63) is 23.8 Å². The smallest absolute Gasteiger partial charge is 0.407 e. The van der Waals surface area contributed by atoms with Crippen molar-refractivity contribution in [2.45, 2.75) is 44.9 Å². The molecule has 23 heavy (non-hydrogen) atoms. The van der Waals surface area contributed by atoms with Gasteiger partial charge in [-0.15, -0.1) is 0 Å². The van der Waals surface area contributed by atoms with Crippen LogP contribution < -0.4 is 15.8 Å². The molecule has 0 spiro atoms. The van der Waals surface area contributed by atoms with Crippen LogP contribution in [0.15, 0.2) is 18.2 Å². The van der Waals surface area contributed by atoms with Crippen molar-refractivity contribution in [2.24, 2.45) is 5.73 Å². The molecule has 1 aromatic rings. The first-order valence-corrected chi connectivity index (χ1v) is 7.42. The first-order chi connectivity index (χ1) is 10.7. The number of hydrogen-bond donors (Lipinski definition) is 4. The molecule has 2 unspecified atom stereocenters. The third kappa shape index (κ3) is 5.96. The highest BCUT2D eigenvalue weighted by Gasteiger charge is 2.22. The maximum Gasteiger partial charge on any atom is 0.407 e. The number of alkyl carbamates (subject to hydrolysis) is 1. The summed E-state index contributed by atoms with van der Waals surface area (Å²) in [5, 5.41) is 22.9. The van der Waals surface area contributed by atoms with E-state index in [9.17, 15) is 15.0 Å². The second-order valence-corrected chi connectivity index (χ2v) is 6.22. The lowest BCUT2D eigenvalue weighted by Crippen LogP contribution is -2.37. The zero-order valence-electron chi connectivity index (χ0n) is 14.0. The Hall–Kier alpha value is -1.99. The second-order valence-electron chi connectivity index (χ2n) is 6.22. The van der Waals surface area contributed by atoms with Gasteiger partial charge in [-0.25, -0.2) is 4.79 Å². The van der Waals surface area contributed by atoms with E-state index in [1.165, 1.54) is 7.11 Å². The Morgan fingerprint density at radius 1 is 1.39 bits per heavy atom. The molecule has 0 aliphatic carbocycles. The molecule has 5 N–H and O–H groups in total. The van der Waals surface area contributed by atoms with Crippen LogP contribution in [0.2, 0.25) is 0 Å². The van der Waals surface area contributed by atoms with Crippen LogP contribution >= 0.6 is 0 Å². The predicted molar refractivity (Wildman–Crippen MR) is 86.4 cm³/mol. The fourth-order valence-electron chi connectivity index (χ4n) is 1.99. The number of methoxy groups -OCH3 is 1. The number of para-hydroxylation sites is 1. The molecule has 0 saturated heterocycles. The van der Waals surface area contributed by atoms with Gasteiger partial charge in [0.2, 0.25) is 0 Å². The van der Waals surface area contributed by atoms with Gasteiger partial charge in [-0.05, 0) is 33.3 Å². The van der Waals surface area contributed by atoms with Crippen LogP contribution in [0.1, 0.15) is 38.9 Å². The van der Waals surface area contributed by atoms with Crippen molar-refractivity contribution in [2.75, 3.05) is 13.7 Å². The summed E-state index contributed by atoms with van der Waals surface area (Å²) >= 11 is 0. The largest absolute Gasteiger partial charge is 0.504 e. The zero-order valence-corrected chi connectivity index (χ0v) is 14.0. The van der Waals surface area contributed by atoms with E-state index < -0.39 is 23.8 Å². The van der Waals surface area contributed by atoms with E-state index in [4.69, 9.17) is 15.2 Å². The fourth-order valence-corrected chi connectivity index (χ4v) is 1.99. The number of benzene rings is 1. The summed E-state index contributed by atoms with van der Waals surface area (Å²) < 4.78 is 10.1. The summed E-state index contributed by atoms with van der Waals surface area (Å²) in [6, 6.07) is 4.15. The molecular formula is C16H26N2O5. The van der Waals surface area contributed by atoms with Crippen LogP contribution in [0.3, 0.4) is 0 Å². The lowest BCUT2D eigenvalue weighted by molar-refractivity contribution is 0.0521. The minimum atomic E-state index is -1.08. The first kappa shape index (κ1) is 19.1. The number of phenolic OH excluding ortho intramolecular Hbond substituents is 1. The number of aliphatic hydroxyl groups excluding tert-OH is 1. The number of carbonyl (C=O) groups is 1. The molecule has 0 fully saturated rings. The molecule has 1 aromatic carbocycles. The monoisotopic (exact) mass is 326 g/mol. The molecule has 0 heterocycles. The molecule has 130 valence electrons. The number of aliphatic hydroxyl groups is 1. The summed E-state index contributed by atoms with van der Waals surface area (Å²) in [4.78, 5) is 11.5. The average molecular weight is 326 g/mol. The Bertz CT molecular complexity index is 528. The molecule has 0 saturated carbocycles. The molecule has 1 rings (SSSR count). The van der Waals surface area contributed by atoms with E-state index in [0.717, 1.165) is 0 Å². The Balaban J connectivity index is 2.55. The summed E-state index contributed by atoms with van der Waals surface area (Å²) in [5.74, 6) is 0.124. The highest BCUT2D eigenvalue weighted by molar-refractivity contribution is 5.67. The molecule has 0 aliphatic rings. The molecule has 0 aromatic heterocycles. The number of carbonyl (C=O) groups excluding carboxylic acids is 1. The van der Waals surface area contributed by atoms with Crippen molar-refractivity contribution in [3.8, 4) is 11.5 Å². The van der Waals surface area contributed by atoms with Gasteiger partial charge in [-0.3, -0.25) is 0 Å². The van der Waals surface area contributed by atoms with Gasteiger partial charge < -0.3 is 30.7 Å². The number of aromatic hydroxyl groups is 1. The number of hydrogen-bond acceptors (Lipinski definition) is 6. The Morgan fingerprint density at radius 2 is 2.04 bits per heavy atom. The van der Waals surface area contributed by atoms with E-state index in [0.29, 0.717) is 6.42 Å². The van der Waals surface area contributed by atoms with E-state index >= 15 is 0 Å². The van der Waals surface area contributed by atoms with E-state index in [1.807, 2.05) is 0 Å². The summed E-state index contributed by atoms with van der Waals surface area (Å²) in [6.07, 6.45) is -1.30. The molecule has 0 bridgehead atoms. The van der Waals surface area contributed by atoms with E-state index in [2.05, 4.69) is 5.32 Å². The Kier molecular flexibility index (Phi) is 6.65. The number of nitrogens with one attached hydrogen (secondary N) is 1. The molecular weight excluding hydrogens is 300 g/mol. The molecule has 2 atom stereocenters. The van der Waals surface area contributed by atoms with Crippen LogP contribution in [0.4, 0.5) is 4.79 Å². The molecule has 0 radical (unpaired) electrons. The fraction of sp³-hybridized carbons (Fsp3) is 0.562. The van der Waals surface area contributed by atoms with Gasteiger partial charge in [-0.1, -0.05) is 12.1 Å². The Labute approximate surface area is 136 Å². The maximum absolute atomic E-state index is 11.5. The normalized spacial score (nSPS) is 14.0. The first-order valence-electron chi connectivity index (χ1n) is 7.42. The van der Waals surface area contributed by atoms with Crippen LogP contribution in [0.25, 0.3) is 0 Å². The maximum atomic E-state index is 11.5. The van der Waals surface area contributed by atoms with Gasteiger partial charge in [0.25, 0.3) is 0 Å². The number of rotatable bonds is 6. The number of amides is 1. The minimum Gasteiger partial charge on any atom is -0.504 e. The number of nitrogens with two attached hydrogens (primary N) is 1. The van der Waals surface area contributed by atoms with Crippen molar-refractivity contribution >= 4 is 6.09 Å². The van der Waals surface area contributed by atoms with E-state index in [1.54, 1.807) is 39.0 Å². The van der Waals surface area contributed by atoms with Gasteiger partial charge in [0.1, 0.15) is 5.60 Å². The third-order valence-corrected chi connectivity index (χ3v) is 3.12. The second kappa shape index (κ2) is 8.03. The standard InChI is InChI=1S/C16H26N2O5/c1-16(2,3)23-15(21)18-9-8-11(17)13(19)10-6-5-7-12(22-4)14(10)20/h5-7,11,13,19-20H,8-9,17H2,1-4H3,(H,18,21). The van der Waals surface area contributed by atoms with Gasteiger partial charge in [0.15, 0.2) is 11.5 Å². The summed E-state index contributed by atoms with van der Waals surface area (Å²) in [7, 11) is 1.43. The highest BCUT2D eigenvalue weighted by atomic mass is 16.6. The van der Waals surface area contributed by atoms with Crippen molar-refractivity contribution < 1.29 is 24.5 Å². The van der Waals surface area contributed by atoms with Crippen molar-refractivity contribution in [1.82, 2.24) is 5.32 Å². The van der Waals surface area contributed by atoms with Crippen LogP contribution in [0.5, 0.6) is 11.5 Å². The van der Waals surface area contributed by atoms with Gasteiger partial charge in [0, 0.05) is 18.2 Å². The predicted octanol–water partition coefficient (Wildman–Crippen LogP) is 1.68. The van der Waals surface area contributed by atoms with Gasteiger partial charge >= 0.3 is 6.09 Å². The topological polar surface area (TPSA) is 114 Å². The number of ether oxygens (including phenoxy) is 2. The molecule has 7 heteroatoms. The lowest BCUT2D eigenvalue weighted by atomic mass is 9.99. The Morgan fingerprint density at radius 3 is 2.61 bits per heavy atom. The minimum absolute atomic E-state index is 0.141. The van der Waals surface area contributed by atoms with Gasteiger partial charge in [-0.2, -0.15) is 0 Å². The van der Waals surface area contributed by atoms with Crippen LogP contribution in [0, 0.1) is 0 Å². The summed E-state index contributed by atoms with van der Waals surface area (Å²) in [5.41, 5.74) is 5.64. The van der Waals surface area contributed by atoms with E-state index in [-0.39, 0.29) is 23.6 Å². The highest BCUT2D eigenvalue weighted by Crippen LogP contribution is 2.34. The zero-order chi connectivity index (χ0) is 17.6. The van der Waals surface area contributed by atoms with Crippen LogP contribution in [-0.2, 0) is 4.74 Å². The lowest BCUT2D eigenvalue weighted by Gasteiger charge is -2.22. The molecule has 7 nitrogen and oxygen atoms in total. The number of phenols is 1.